The Morgan fingerprint density at radius 3 is 2.67 bits per heavy atom. The van der Waals surface area contributed by atoms with Gasteiger partial charge in [0.25, 0.3) is 11.4 Å². The molecule has 10 nitrogen and oxygen atoms in total. The van der Waals surface area contributed by atoms with Crippen molar-refractivity contribution in [3.05, 3.63) is 56.2 Å². The summed E-state index contributed by atoms with van der Waals surface area (Å²) in [6, 6.07) is 3.56. The summed E-state index contributed by atoms with van der Waals surface area (Å²) in [5, 5.41) is 28.0. The van der Waals surface area contributed by atoms with Gasteiger partial charge in [-0.05, 0) is 6.07 Å². The van der Waals surface area contributed by atoms with Crippen LogP contribution in [0.15, 0.2) is 29.0 Å². The average molecular weight is 293 g/mol. The second-order valence-corrected chi connectivity index (χ2v) is 4.09. The molecule has 1 aromatic heterocycles. The van der Waals surface area contributed by atoms with Crippen LogP contribution >= 0.6 is 0 Å². The lowest BCUT2D eigenvalue weighted by molar-refractivity contribution is -0.394. The first-order valence-corrected chi connectivity index (χ1v) is 5.96. The molecule has 1 N–H and O–H groups in total. The minimum atomic E-state index is -0.667. The fourth-order valence-corrected chi connectivity index (χ4v) is 1.71. The van der Waals surface area contributed by atoms with E-state index >= 15 is 0 Å². The highest BCUT2D eigenvalue weighted by Gasteiger charge is 2.18. The summed E-state index contributed by atoms with van der Waals surface area (Å²) in [4.78, 5) is 24.1. The normalized spacial score (nSPS) is 10.5. The van der Waals surface area contributed by atoms with Gasteiger partial charge in [0.2, 0.25) is 5.89 Å². The van der Waals surface area contributed by atoms with Crippen molar-refractivity contribution in [3.8, 4) is 0 Å². The third kappa shape index (κ3) is 3.79. The van der Waals surface area contributed by atoms with E-state index in [0.717, 1.165) is 6.07 Å². The third-order valence-corrected chi connectivity index (χ3v) is 2.71. The van der Waals surface area contributed by atoms with Crippen molar-refractivity contribution in [1.29, 1.82) is 0 Å². The number of nitro benzene ring substituents is 2. The summed E-state index contributed by atoms with van der Waals surface area (Å²) in [6.07, 6.45) is 1.78. The molecule has 0 unspecified atom stereocenters. The number of rotatable bonds is 7. The summed E-state index contributed by atoms with van der Waals surface area (Å²) in [6.45, 7) is 0.693. The van der Waals surface area contributed by atoms with Gasteiger partial charge in [-0.3, -0.25) is 20.2 Å². The predicted octanol–water partition coefficient (Wildman–Crippen LogP) is 1.22. The molecule has 10 heteroatoms. The maximum absolute atomic E-state index is 10.9. The van der Waals surface area contributed by atoms with Crippen molar-refractivity contribution < 1.29 is 14.4 Å². The Morgan fingerprint density at radius 2 is 2.05 bits per heavy atom. The zero-order valence-corrected chi connectivity index (χ0v) is 10.8. The molecule has 1 heterocycles. The largest absolute Gasteiger partial charge is 0.340 e. The lowest BCUT2D eigenvalue weighted by Gasteiger charge is -2.04. The summed E-state index contributed by atoms with van der Waals surface area (Å²) < 4.78 is 4.81. The van der Waals surface area contributed by atoms with Crippen LogP contribution in [0.4, 0.5) is 11.4 Å². The van der Waals surface area contributed by atoms with Crippen LogP contribution in [0.2, 0.25) is 0 Å². The van der Waals surface area contributed by atoms with Gasteiger partial charge in [-0.1, -0.05) is 5.16 Å². The SMILES string of the molecule is O=[N+]([O-])c1ccc(CNCCc2ncno2)c([N+](=O)[O-])c1. The fraction of sp³-hybridized carbons (Fsp3) is 0.273. The first-order chi connectivity index (χ1) is 10.1. The molecule has 21 heavy (non-hydrogen) atoms. The van der Waals surface area contributed by atoms with E-state index in [1.807, 2.05) is 0 Å². The fourth-order valence-electron chi connectivity index (χ4n) is 1.71. The molecule has 2 aromatic rings. The van der Waals surface area contributed by atoms with E-state index in [1.54, 1.807) is 0 Å². The monoisotopic (exact) mass is 293 g/mol. The Morgan fingerprint density at radius 1 is 1.24 bits per heavy atom. The molecule has 110 valence electrons. The number of nitrogens with zero attached hydrogens (tertiary/aromatic N) is 4. The van der Waals surface area contributed by atoms with E-state index in [1.165, 1.54) is 18.5 Å². The first-order valence-electron chi connectivity index (χ1n) is 5.96. The zero-order chi connectivity index (χ0) is 15.2. The van der Waals surface area contributed by atoms with Crippen molar-refractivity contribution in [2.45, 2.75) is 13.0 Å². The summed E-state index contributed by atoms with van der Waals surface area (Å²) in [5.74, 6) is 0.459. The van der Waals surface area contributed by atoms with Gasteiger partial charge in [0, 0.05) is 31.1 Å². The molecule has 0 fully saturated rings. The number of nitrogens with one attached hydrogen (secondary N) is 1. The predicted molar refractivity (Wildman–Crippen MR) is 69.5 cm³/mol. The van der Waals surface area contributed by atoms with E-state index < -0.39 is 9.85 Å². The summed E-state index contributed by atoms with van der Waals surface area (Å²) in [5.41, 5.74) is -0.220. The van der Waals surface area contributed by atoms with Crippen molar-refractivity contribution in [2.75, 3.05) is 6.54 Å². The molecule has 0 amide bonds. The summed E-state index contributed by atoms with van der Waals surface area (Å²) in [7, 11) is 0. The van der Waals surface area contributed by atoms with Gasteiger partial charge in [0.05, 0.1) is 15.9 Å². The molecule has 0 saturated carbocycles. The maximum Gasteiger partial charge on any atom is 0.280 e. The molecule has 0 aliphatic rings. The number of aromatic nitrogens is 2. The maximum atomic E-state index is 10.9. The van der Waals surface area contributed by atoms with Gasteiger partial charge in [0.15, 0.2) is 6.33 Å². The number of non-ortho nitro benzene ring substituents is 1. The van der Waals surface area contributed by atoms with Gasteiger partial charge in [-0.2, -0.15) is 4.98 Å². The topological polar surface area (TPSA) is 137 Å². The molecule has 1 aromatic carbocycles. The number of nitro groups is 2. The van der Waals surface area contributed by atoms with Crippen LogP contribution in [0.5, 0.6) is 0 Å². The van der Waals surface area contributed by atoms with Crippen molar-refractivity contribution >= 4 is 11.4 Å². The number of hydrogen-bond acceptors (Lipinski definition) is 8. The molecule has 0 aliphatic heterocycles. The Balaban J connectivity index is 1.98. The van der Waals surface area contributed by atoms with Crippen LogP contribution in [0.25, 0.3) is 0 Å². The van der Waals surface area contributed by atoms with E-state index in [9.17, 15) is 20.2 Å². The zero-order valence-electron chi connectivity index (χ0n) is 10.8. The molecule has 2 rings (SSSR count). The van der Waals surface area contributed by atoms with Crippen LogP contribution in [0.3, 0.4) is 0 Å². The minimum Gasteiger partial charge on any atom is -0.340 e. The lowest BCUT2D eigenvalue weighted by Crippen LogP contribution is -2.17. The van der Waals surface area contributed by atoms with E-state index in [4.69, 9.17) is 4.52 Å². The standard InChI is InChI=1S/C11H11N5O5/c17-15(18)9-2-1-8(10(5-9)16(19)20)6-12-4-3-11-13-7-14-21-11/h1-2,5,7,12H,3-4,6H2. The number of hydrogen-bond donors (Lipinski definition) is 1. The number of benzene rings is 1. The average Bonchev–Trinajstić information content (AvgIpc) is 2.96. The second-order valence-electron chi connectivity index (χ2n) is 4.09. The quantitative estimate of drug-likeness (QED) is 0.457. The minimum absolute atomic E-state index is 0.211. The van der Waals surface area contributed by atoms with Gasteiger partial charge >= 0.3 is 0 Å². The molecule has 0 spiro atoms. The highest BCUT2D eigenvalue weighted by Crippen LogP contribution is 2.24. The van der Waals surface area contributed by atoms with Crippen LogP contribution in [-0.2, 0) is 13.0 Å². The molecular formula is C11H11N5O5. The highest BCUT2D eigenvalue weighted by atomic mass is 16.6. The molecule has 0 atom stereocenters. The molecule has 0 radical (unpaired) electrons. The van der Waals surface area contributed by atoms with Gasteiger partial charge in [0.1, 0.15) is 0 Å². The Bertz CT molecular complexity index is 642. The molecule has 0 bridgehead atoms. The van der Waals surface area contributed by atoms with E-state index in [2.05, 4.69) is 15.5 Å². The van der Waals surface area contributed by atoms with Gasteiger partial charge < -0.3 is 9.84 Å². The molecular weight excluding hydrogens is 282 g/mol. The van der Waals surface area contributed by atoms with Gasteiger partial charge in [-0.25, -0.2) is 0 Å². The van der Waals surface area contributed by atoms with E-state index in [-0.39, 0.29) is 17.9 Å². The first kappa shape index (κ1) is 14.5. The third-order valence-electron chi connectivity index (χ3n) is 2.71. The van der Waals surface area contributed by atoms with E-state index in [0.29, 0.717) is 24.4 Å². The Kier molecular flexibility index (Phi) is 4.51. The van der Waals surface area contributed by atoms with Crippen LogP contribution in [0, 0.1) is 20.2 Å². The van der Waals surface area contributed by atoms with Crippen LogP contribution in [-0.4, -0.2) is 26.5 Å². The van der Waals surface area contributed by atoms with Crippen molar-refractivity contribution in [2.24, 2.45) is 0 Å². The second kappa shape index (κ2) is 6.52. The Hall–Kier alpha value is -2.88. The van der Waals surface area contributed by atoms with Gasteiger partial charge in [-0.15, -0.1) is 0 Å². The van der Waals surface area contributed by atoms with Crippen LogP contribution < -0.4 is 5.32 Å². The lowest BCUT2D eigenvalue weighted by atomic mass is 10.1. The Labute approximate surface area is 118 Å². The summed E-state index contributed by atoms with van der Waals surface area (Å²) >= 11 is 0. The molecule has 0 saturated heterocycles. The highest BCUT2D eigenvalue weighted by molar-refractivity contribution is 5.49. The molecule has 0 aliphatic carbocycles. The van der Waals surface area contributed by atoms with Crippen molar-refractivity contribution in [1.82, 2.24) is 15.5 Å². The van der Waals surface area contributed by atoms with Crippen molar-refractivity contribution in [3.63, 3.8) is 0 Å². The smallest absolute Gasteiger partial charge is 0.280 e. The van der Waals surface area contributed by atoms with Crippen LogP contribution in [0.1, 0.15) is 11.5 Å².